The molecule has 0 aromatic heterocycles. The third kappa shape index (κ3) is 10.1. The second-order valence-corrected chi connectivity index (χ2v) is 1.88. The predicted molar refractivity (Wildman–Crippen MR) is 16.8 cm³/mol. The molecule has 0 amide bonds. The van der Waals surface area contributed by atoms with E-state index in [0.717, 1.165) is 18.3 Å². The fraction of sp³-hybridized carbons (Fsp3) is 0.667. The smallest absolute Gasteiger partial charge is 1.00 e. The summed E-state index contributed by atoms with van der Waals surface area (Å²) in [5, 5.41) is 0.594. The first-order chi connectivity index (χ1) is 2.81. The van der Waals surface area contributed by atoms with Crippen molar-refractivity contribution in [3.63, 3.8) is 0 Å². The van der Waals surface area contributed by atoms with E-state index >= 15 is 0 Å². The second-order valence-electron chi connectivity index (χ2n) is 0.826. The summed E-state index contributed by atoms with van der Waals surface area (Å²) >= 11 is 0.993. The molecule has 0 aromatic carbocycles. The van der Waals surface area contributed by atoms with E-state index in [1.54, 1.807) is 0 Å². The van der Waals surface area contributed by atoms with Gasteiger partial charge in [0.1, 0.15) is 0 Å². The van der Waals surface area contributed by atoms with Crippen molar-refractivity contribution in [3.05, 3.63) is 0 Å². The van der Waals surface area contributed by atoms with Crippen molar-refractivity contribution in [1.82, 2.24) is 0 Å². The maximum atomic E-state index is 9.99. The van der Waals surface area contributed by atoms with E-state index in [4.69, 9.17) is 0 Å². The Balaban J connectivity index is -0.000000125. The third-order valence-corrected chi connectivity index (χ3v) is 1.29. The van der Waals surface area contributed by atoms with Gasteiger partial charge in [0, 0.05) is 0 Å². The quantitative estimate of drug-likeness (QED) is 0.356. The molecule has 0 bridgehead atoms. The van der Waals surface area contributed by atoms with E-state index in [1.165, 1.54) is 7.11 Å². The fourth-order valence-corrected chi connectivity index (χ4v) is 0.530. The molecular weight excluding hydrogens is 293 g/mol. The van der Waals surface area contributed by atoms with E-state index in [9.17, 15) is 4.79 Å². The molecule has 0 aliphatic heterocycles. The van der Waals surface area contributed by atoms with Crippen molar-refractivity contribution in [2.45, 2.75) is 5.02 Å². The Morgan fingerprint density at radius 1 is 1.62 bits per heavy atom. The third-order valence-electron chi connectivity index (χ3n) is 0.432. The normalized spacial score (nSPS) is 5.88. The first kappa shape index (κ1) is 16.0. The Kier molecular flexibility index (Phi) is 21.9. The number of carbonyl (C=O) groups excluding carboxylic acids is 1. The standard InChI is InChI=1S/C3H5O2.2BrH.Zn/c1-3(4)5-2;;;/h1H2,2H3;2*1H;/q;;;+2/p-2. The first-order valence-electron chi connectivity index (χ1n) is 1.67. The molecule has 0 spiro atoms. The van der Waals surface area contributed by atoms with Crippen LogP contribution in [0.5, 0.6) is 0 Å². The van der Waals surface area contributed by atoms with Crippen LogP contribution in [0.2, 0.25) is 5.02 Å². The van der Waals surface area contributed by atoms with E-state index in [2.05, 4.69) is 4.74 Å². The van der Waals surface area contributed by atoms with Crippen LogP contribution in [-0.2, 0) is 27.8 Å². The molecule has 8 heavy (non-hydrogen) atoms. The van der Waals surface area contributed by atoms with Crippen LogP contribution < -0.4 is 34.0 Å². The topological polar surface area (TPSA) is 26.3 Å². The Bertz CT molecular complexity index is 53.2. The van der Waals surface area contributed by atoms with Gasteiger partial charge in [-0.2, -0.15) is 0 Å². The maximum Gasteiger partial charge on any atom is -1.00 e. The number of hydrogen-bond donors (Lipinski definition) is 0. The number of halogens is 2. The molecule has 0 rings (SSSR count). The van der Waals surface area contributed by atoms with Crippen LogP contribution in [0.15, 0.2) is 0 Å². The minimum Gasteiger partial charge on any atom is -1.00 e. The largest absolute Gasteiger partial charge is 1.00 e. The van der Waals surface area contributed by atoms with E-state index < -0.39 is 0 Å². The van der Waals surface area contributed by atoms with Gasteiger partial charge < -0.3 is 34.0 Å². The molecule has 0 saturated heterocycles. The summed E-state index contributed by atoms with van der Waals surface area (Å²) in [6.07, 6.45) is 0. The van der Waals surface area contributed by atoms with Gasteiger partial charge in [0.15, 0.2) is 0 Å². The number of carbonyl (C=O) groups is 1. The van der Waals surface area contributed by atoms with Crippen molar-refractivity contribution in [3.8, 4) is 0 Å². The molecule has 0 N–H and O–H groups in total. The number of hydrogen-bond acceptors (Lipinski definition) is 2. The summed E-state index contributed by atoms with van der Waals surface area (Å²) in [4.78, 5) is 9.99. The van der Waals surface area contributed by atoms with Crippen molar-refractivity contribution < 1.29 is 61.8 Å². The van der Waals surface area contributed by atoms with Gasteiger partial charge in [-0.25, -0.2) is 0 Å². The summed E-state index contributed by atoms with van der Waals surface area (Å²) in [5.74, 6) is -0.102. The van der Waals surface area contributed by atoms with Crippen LogP contribution in [0.3, 0.4) is 0 Å². The number of rotatable bonds is 1. The molecule has 0 saturated carbocycles. The second kappa shape index (κ2) is 10.9. The SMILES string of the molecule is COC(=O)[CH2][Zn+2].[Br-].[Br-]. The molecule has 0 heterocycles. The molecule has 0 aliphatic rings. The van der Waals surface area contributed by atoms with Gasteiger partial charge in [-0.05, 0) is 0 Å². The van der Waals surface area contributed by atoms with Gasteiger partial charge in [-0.1, -0.05) is 0 Å². The van der Waals surface area contributed by atoms with Gasteiger partial charge in [-0.3, -0.25) is 0 Å². The number of methoxy groups -OCH3 is 1. The van der Waals surface area contributed by atoms with Gasteiger partial charge in [0.25, 0.3) is 0 Å². The Labute approximate surface area is 79.6 Å². The molecule has 45 valence electrons. The number of ether oxygens (including phenoxy) is 1. The zero-order valence-corrected chi connectivity index (χ0v) is 10.6. The summed E-state index contributed by atoms with van der Waals surface area (Å²) in [6, 6.07) is 0. The zero-order valence-electron chi connectivity index (χ0n) is 4.49. The minimum absolute atomic E-state index is 0. The van der Waals surface area contributed by atoms with Crippen LogP contribution in [-0.4, -0.2) is 13.1 Å². The summed E-state index contributed by atoms with van der Waals surface area (Å²) in [5.41, 5.74) is 0. The van der Waals surface area contributed by atoms with Gasteiger partial charge >= 0.3 is 45.9 Å². The first-order valence-corrected chi connectivity index (χ1v) is 3.77. The summed E-state index contributed by atoms with van der Waals surface area (Å²) < 4.78 is 4.29. The Morgan fingerprint density at radius 3 is 2.00 bits per heavy atom. The van der Waals surface area contributed by atoms with Crippen LogP contribution >= 0.6 is 0 Å². The van der Waals surface area contributed by atoms with Crippen LogP contribution in [0.1, 0.15) is 0 Å². The molecule has 2 nitrogen and oxygen atoms in total. The molecule has 0 unspecified atom stereocenters. The van der Waals surface area contributed by atoms with Crippen molar-refractivity contribution >= 4 is 5.97 Å². The van der Waals surface area contributed by atoms with Gasteiger partial charge in [-0.15, -0.1) is 0 Å². The molecule has 0 radical (unpaired) electrons. The van der Waals surface area contributed by atoms with Crippen molar-refractivity contribution in [2.75, 3.05) is 7.11 Å². The Hall–Kier alpha value is 1.05. The van der Waals surface area contributed by atoms with Crippen LogP contribution in [0.4, 0.5) is 0 Å². The molecule has 0 aliphatic carbocycles. The summed E-state index contributed by atoms with van der Waals surface area (Å²) in [7, 11) is 1.40. The van der Waals surface area contributed by atoms with Crippen LogP contribution in [0, 0.1) is 0 Å². The van der Waals surface area contributed by atoms with Crippen molar-refractivity contribution in [1.29, 1.82) is 0 Å². The zero-order chi connectivity index (χ0) is 4.99. The minimum atomic E-state index is -0.102. The van der Waals surface area contributed by atoms with Gasteiger partial charge in [0.2, 0.25) is 0 Å². The molecule has 0 atom stereocenters. The monoisotopic (exact) mass is 295 g/mol. The molecular formula is C3H5Br2O2Zn. The summed E-state index contributed by atoms with van der Waals surface area (Å²) in [6.45, 7) is 0. The average molecular weight is 298 g/mol. The molecule has 5 heteroatoms. The molecule has 0 aromatic rings. The van der Waals surface area contributed by atoms with Crippen LogP contribution in [0.25, 0.3) is 0 Å². The van der Waals surface area contributed by atoms with E-state index in [-0.39, 0.29) is 39.9 Å². The Morgan fingerprint density at radius 2 is 2.00 bits per heavy atom. The van der Waals surface area contributed by atoms with E-state index in [0.29, 0.717) is 5.02 Å². The average Bonchev–Trinajstić information content (AvgIpc) is 1.65. The molecule has 0 fully saturated rings. The fourth-order valence-electron chi connectivity index (χ4n) is 0.102. The predicted octanol–water partition coefficient (Wildman–Crippen LogP) is -5.87. The van der Waals surface area contributed by atoms with Gasteiger partial charge in [0.05, 0.1) is 0 Å². The maximum absolute atomic E-state index is 9.99. The van der Waals surface area contributed by atoms with E-state index in [1.807, 2.05) is 0 Å². The number of esters is 1. The van der Waals surface area contributed by atoms with Crippen molar-refractivity contribution in [2.24, 2.45) is 0 Å².